The molecule has 0 radical (unpaired) electrons. The fourth-order valence-corrected chi connectivity index (χ4v) is 2.96. The number of benzene rings is 1. The molecule has 2 heteroatoms. The first-order chi connectivity index (χ1) is 8.43. The number of hydrogen-bond donors (Lipinski definition) is 0. The van der Waals surface area contributed by atoms with Crippen molar-refractivity contribution in [1.82, 2.24) is 0 Å². The molecule has 0 unspecified atom stereocenters. The molecule has 0 aromatic heterocycles. The molecule has 17 heavy (non-hydrogen) atoms. The molecule has 0 aliphatic carbocycles. The van der Waals surface area contributed by atoms with E-state index in [2.05, 4.69) is 29.2 Å². The molecule has 0 amide bonds. The number of anilines is 1. The van der Waals surface area contributed by atoms with Crippen molar-refractivity contribution < 1.29 is 4.74 Å². The predicted octanol–water partition coefficient (Wildman–Crippen LogP) is 3.18. The van der Waals surface area contributed by atoms with Crippen LogP contribution in [-0.2, 0) is 4.74 Å². The molecule has 0 bridgehead atoms. The standard InChI is InChI=1S/C15H21NO/c1-2-10-16(9-1)15-5-3-13(4-6-15)14-7-11-17-12-8-14/h3-6,14H,1-2,7-12H2. The fourth-order valence-electron chi connectivity index (χ4n) is 2.96. The summed E-state index contributed by atoms with van der Waals surface area (Å²) in [6.45, 7) is 4.32. The molecule has 0 atom stereocenters. The Hall–Kier alpha value is -1.02. The minimum atomic E-state index is 0.719. The van der Waals surface area contributed by atoms with Gasteiger partial charge in [-0.15, -0.1) is 0 Å². The highest BCUT2D eigenvalue weighted by atomic mass is 16.5. The Balaban J connectivity index is 1.70. The van der Waals surface area contributed by atoms with Gasteiger partial charge in [-0.05, 0) is 49.3 Å². The minimum Gasteiger partial charge on any atom is -0.381 e. The fraction of sp³-hybridized carbons (Fsp3) is 0.600. The van der Waals surface area contributed by atoms with Gasteiger partial charge in [-0.1, -0.05) is 12.1 Å². The van der Waals surface area contributed by atoms with Gasteiger partial charge in [-0.25, -0.2) is 0 Å². The smallest absolute Gasteiger partial charge is 0.0471 e. The SMILES string of the molecule is c1cc(N2CCCC2)ccc1C1CCOCC1. The van der Waals surface area contributed by atoms with E-state index in [4.69, 9.17) is 4.74 Å². The second-order valence-electron chi connectivity index (χ2n) is 5.17. The van der Waals surface area contributed by atoms with E-state index in [-0.39, 0.29) is 0 Å². The van der Waals surface area contributed by atoms with Gasteiger partial charge in [0.25, 0.3) is 0 Å². The van der Waals surface area contributed by atoms with Gasteiger partial charge in [0.1, 0.15) is 0 Å². The Morgan fingerprint density at radius 2 is 1.59 bits per heavy atom. The number of rotatable bonds is 2. The normalized spacial score (nSPS) is 22.0. The first kappa shape index (κ1) is 11.1. The molecule has 1 aromatic carbocycles. The molecule has 3 rings (SSSR count). The summed E-state index contributed by atoms with van der Waals surface area (Å²) in [5, 5.41) is 0. The van der Waals surface area contributed by atoms with Gasteiger partial charge >= 0.3 is 0 Å². The quantitative estimate of drug-likeness (QED) is 0.775. The zero-order valence-corrected chi connectivity index (χ0v) is 10.4. The maximum atomic E-state index is 5.42. The van der Waals surface area contributed by atoms with E-state index in [1.165, 1.54) is 50.0 Å². The van der Waals surface area contributed by atoms with Crippen LogP contribution in [0.15, 0.2) is 24.3 Å². The maximum Gasteiger partial charge on any atom is 0.0471 e. The van der Waals surface area contributed by atoms with Crippen LogP contribution in [-0.4, -0.2) is 26.3 Å². The first-order valence-electron chi connectivity index (χ1n) is 6.86. The summed E-state index contributed by atoms with van der Waals surface area (Å²) in [6.07, 6.45) is 5.07. The largest absolute Gasteiger partial charge is 0.381 e. The Morgan fingerprint density at radius 3 is 2.24 bits per heavy atom. The third kappa shape index (κ3) is 2.47. The van der Waals surface area contributed by atoms with Crippen molar-refractivity contribution in [2.24, 2.45) is 0 Å². The third-order valence-electron chi connectivity index (χ3n) is 4.06. The van der Waals surface area contributed by atoms with Crippen molar-refractivity contribution in [2.45, 2.75) is 31.6 Å². The summed E-state index contributed by atoms with van der Waals surface area (Å²) >= 11 is 0. The molecular weight excluding hydrogens is 210 g/mol. The summed E-state index contributed by atoms with van der Waals surface area (Å²) in [7, 11) is 0. The highest BCUT2D eigenvalue weighted by molar-refractivity contribution is 5.48. The molecule has 2 saturated heterocycles. The van der Waals surface area contributed by atoms with Crippen LogP contribution >= 0.6 is 0 Å². The van der Waals surface area contributed by atoms with Crippen LogP contribution in [0.1, 0.15) is 37.2 Å². The first-order valence-corrected chi connectivity index (χ1v) is 6.86. The van der Waals surface area contributed by atoms with Crippen molar-refractivity contribution in [3.8, 4) is 0 Å². The van der Waals surface area contributed by atoms with Crippen LogP contribution in [0.5, 0.6) is 0 Å². The second-order valence-corrected chi connectivity index (χ2v) is 5.17. The van der Waals surface area contributed by atoms with Gasteiger partial charge in [-0.3, -0.25) is 0 Å². The molecule has 2 nitrogen and oxygen atoms in total. The van der Waals surface area contributed by atoms with Gasteiger partial charge < -0.3 is 9.64 Å². The van der Waals surface area contributed by atoms with Crippen molar-refractivity contribution in [3.63, 3.8) is 0 Å². The summed E-state index contributed by atoms with van der Waals surface area (Å²) in [4.78, 5) is 2.49. The zero-order valence-electron chi connectivity index (χ0n) is 10.4. The van der Waals surface area contributed by atoms with Crippen molar-refractivity contribution in [1.29, 1.82) is 0 Å². The third-order valence-corrected chi connectivity index (χ3v) is 4.06. The molecule has 2 aliphatic rings. The van der Waals surface area contributed by atoms with E-state index in [1.54, 1.807) is 0 Å². The van der Waals surface area contributed by atoms with E-state index in [0.717, 1.165) is 19.1 Å². The van der Waals surface area contributed by atoms with Gasteiger partial charge in [0.05, 0.1) is 0 Å². The molecule has 92 valence electrons. The number of hydrogen-bond acceptors (Lipinski definition) is 2. The minimum absolute atomic E-state index is 0.719. The molecule has 2 aliphatic heterocycles. The summed E-state index contributed by atoms with van der Waals surface area (Å²) in [5.74, 6) is 0.719. The van der Waals surface area contributed by atoms with E-state index in [9.17, 15) is 0 Å². The van der Waals surface area contributed by atoms with Gasteiger partial charge in [0.2, 0.25) is 0 Å². The van der Waals surface area contributed by atoms with Gasteiger partial charge in [0.15, 0.2) is 0 Å². The number of nitrogens with zero attached hydrogens (tertiary/aromatic N) is 1. The lowest BCUT2D eigenvalue weighted by molar-refractivity contribution is 0.0853. The summed E-state index contributed by atoms with van der Waals surface area (Å²) < 4.78 is 5.42. The van der Waals surface area contributed by atoms with Crippen molar-refractivity contribution >= 4 is 5.69 Å². The average Bonchev–Trinajstić information content (AvgIpc) is 2.94. The molecular formula is C15H21NO. The van der Waals surface area contributed by atoms with Crippen LogP contribution in [0.3, 0.4) is 0 Å². The Morgan fingerprint density at radius 1 is 0.941 bits per heavy atom. The molecule has 0 spiro atoms. The lowest BCUT2D eigenvalue weighted by Crippen LogP contribution is -2.18. The molecule has 2 heterocycles. The molecule has 2 fully saturated rings. The lowest BCUT2D eigenvalue weighted by Gasteiger charge is -2.23. The van der Waals surface area contributed by atoms with Crippen LogP contribution in [0.4, 0.5) is 5.69 Å². The zero-order chi connectivity index (χ0) is 11.5. The maximum absolute atomic E-state index is 5.42. The van der Waals surface area contributed by atoms with Gasteiger partial charge in [0, 0.05) is 32.0 Å². The molecule has 0 saturated carbocycles. The average molecular weight is 231 g/mol. The molecule has 1 aromatic rings. The van der Waals surface area contributed by atoms with Crippen LogP contribution < -0.4 is 4.90 Å². The highest BCUT2D eigenvalue weighted by Crippen LogP contribution is 2.29. The summed E-state index contributed by atoms with van der Waals surface area (Å²) in [6, 6.07) is 9.25. The van der Waals surface area contributed by atoms with E-state index in [0.29, 0.717) is 0 Å². The monoisotopic (exact) mass is 231 g/mol. The van der Waals surface area contributed by atoms with E-state index >= 15 is 0 Å². The lowest BCUT2D eigenvalue weighted by atomic mass is 9.92. The Kier molecular flexibility index (Phi) is 3.32. The Bertz CT molecular complexity index is 348. The van der Waals surface area contributed by atoms with Crippen LogP contribution in [0.2, 0.25) is 0 Å². The predicted molar refractivity (Wildman–Crippen MR) is 70.7 cm³/mol. The summed E-state index contributed by atoms with van der Waals surface area (Å²) in [5.41, 5.74) is 2.90. The topological polar surface area (TPSA) is 12.5 Å². The second kappa shape index (κ2) is 5.09. The van der Waals surface area contributed by atoms with Crippen molar-refractivity contribution in [3.05, 3.63) is 29.8 Å². The van der Waals surface area contributed by atoms with E-state index in [1.807, 2.05) is 0 Å². The Labute approximate surface area is 104 Å². The number of ether oxygens (including phenoxy) is 1. The van der Waals surface area contributed by atoms with E-state index < -0.39 is 0 Å². The highest BCUT2D eigenvalue weighted by Gasteiger charge is 2.17. The van der Waals surface area contributed by atoms with Crippen LogP contribution in [0.25, 0.3) is 0 Å². The van der Waals surface area contributed by atoms with Gasteiger partial charge in [-0.2, -0.15) is 0 Å². The molecule has 0 N–H and O–H groups in total. The van der Waals surface area contributed by atoms with Crippen molar-refractivity contribution in [2.75, 3.05) is 31.2 Å². The van der Waals surface area contributed by atoms with Crippen LogP contribution in [0, 0.1) is 0 Å².